The van der Waals surface area contributed by atoms with E-state index in [2.05, 4.69) is 52.4 Å². The average Bonchev–Trinajstić information content (AvgIpc) is 2.77. The molecule has 16 heavy (non-hydrogen) atoms. The normalized spacial score (nSPS) is 15.8. The van der Waals surface area contributed by atoms with Crippen molar-refractivity contribution in [1.82, 2.24) is 5.32 Å². The predicted molar refractivity (Wildman–Crippen MR) is 70.0 cm³/mol. The van der Waals surface area contributed by atoms with Crippen LogP contribution in [-0.2, 0) is 0 Å². The van der Waals surface area contributed by atoms with Crippen molar-refractivity contribution in [2.75, 3.05) is 18.4 Å². The van der Waals surface area contributed by atoms with Gasteiger partial charge in [0.25, 0.3) is 0 Å². The van der Waals surface area contributed by atoms with Crippen molar-refractivity contribution in [2.45, 2.75) is 6.04 Å². The molecule has 0 atom stereocenters. The molecular formula is C13H14N2S. The molecule has 0 spiro atoms. The van der Waals surface area contributed by atoms with Crippen molar-refractivity contribution in [3.05, 3.63) is 41.8 Å². The summed E-state index contributed by atoms with van der Waals surface area (Å²) in [5, 5.41) is 8.98. The first-order chi connectivity index (χ1) is 7.93. The van der Waals surface area contributed by atoms with Crippen LogP contribution in [0.1, 0.15) is 0 Å². The van der Waals surface area contributed by atoms with Crippen molar-refractivity contribution >= 4 is 17.0 Å². The smallest absolute Gasteiger partial charge is 0.0510 e. The molecule has 1 aromatic heterocycles. The minimum absolute atomic E-state index is 0.584. The van der Waals surface area contributed by atoms with Gasteiger partial charge in [-0.15, -0.1) is 11.3 Å². The van der Waals surface area contributed by atoms with Crippen molar-refractivity contribution in [2.24, 2.45) is 0 Å². The van der Waals surface area contributed by atoms with Gasteiger partial charge in [0.2, 0.25) is 0 Å². The molecule has 3 heteroatoms. The summed E-state index contributed by atoms with van der Waals surface area (Å²) in [6, 6.07) is 13.4. The lowest BCUT2D eigenvalue weighted by Crippen LogP contribution is -2.51. The van der Waals surface area contributed by atoms with Crippen molar-refractivity contribution in [3.63, 3.8) is 0 Å². The molecule has 0 unspecified atom stereocenters. The molecule has 1 aliphatic rings. The summed E-state index contributed by atoms with van der Waals surface area (Å²) >= 11 is 1.79. The van der Waals surface area contributed by atoms with Crippen molar-refractivity contribution in [1.29, 1.82) is 0 Å². The number of nitrogens with one attached hydrogen (secondary N) is 2. The second-order valence-electron chi connectivity index (χ2n) is 4.02. The number of rotatable bonds is 3. The van der Waals surface area contributed by atoms with Crippen LogP contribution in [0, 0.1) is 0 Å². The molecule has 2 heterocycles. The zero-order valence-corrected chi connectivity index (χ0v) is 9.76. The van der Waals surface area contributed by atoms with E-state index < -0.39 is 0 Å². The van der Waals surface area contributed by atoms with E-state index in [9.17, 15) is 0 Å². The van der Waals surface area contributed by atoms with E-state index in [-0.39, 0.29) is 0 Å². The third kappa shape index (κ3) is 1.84. The highest BCUT2D eigenvalue weighted by Crippen LogP contribution is 2.31. The van der Waals surface area contributed by atoms with Crippen LogP contribution in [-0.4, -0.2) is 19.1 Å². The molecule has 2 nitrogen and oxygen atoms in total. The van der Waals surface area contributed by atoms with Gasteiger partial charge in [-0.3, -0.25) is 0 Å². The SMILES string of the molecule is c1csc(-c2ccccc2NC2CNC2)c1. The number of hydrogen-bond acceptors (Lipinski definition) is 3. The second-order valence-corrected chi connectivity index (χ2v) is 4.97. The quantitative estimate of drug-likeness (QED) is 0.847. The van der Waals surface area contributed by atoms with Gasteiger partial charge in [-0.05, 0) is 17.5 Å². The van der Waals surface area contributed by atoms with Gasteiger partial charge >= 0.3 is 0 Å². The van der Waals surface area contributed by atoms with Crippen LogP contribution in [0.3, 0.4) is 0 Å². The molecule has 3 rings (SSSR count). The fraction of sp³-hybridized carbons (Fsp3) is 0.231. The van der Waals surface area contributed by atoms with Crippen LogP contribution in [0.4, 0.5) is 5.69 Å². The highest BCUT2D eigenvalue weighted by molar-refractivity contribution is 7.13. The number of benzene rings is 1. The molecule has 1 saturated heterocycles. The summed E-state index contributed by atoms with van der Waals surface area (Å²) in [5.41, 5.74) is 2.56. The zero-order valence-electron chi connectivity index (χ0n) is 8.94. The molecule has 0 radical (unpaired) electrons. The molecule has 1 aromatic carbocycles. The summed E-state index contributed by atoms with van der Waals surface area (Å²) in [6.45, 7) is 2.14. The van der Waals surface area contributed by atoms with Crippen LogP contribution < -0.4 is 10.6 Å². The van der Waals surface area contributed by atoms with Gasteiger partial charge in [-0.25, -0.2) is 0 Å². The highest BCUT2D eigenvalue weighted by atomic mass is 32.1. The van der Waals surface area contributed by atoms with E-state index in [4.69, 9.17) is 0 Å². The molecule has 1 aliphatic heterocycles. The van der Waals surface area contributed by atoms with Gasteiger partial charge in [-0.2, -0.15) is 0 Å². The monoisotopic (exact) mass is 230 g/mol. The van der Waals surface area contributed by atoms with Crippen LogP contribution >= 0.6 is 11.3 Å². The maximum atomic E-state index is 3.58. The van der Waals surface area contributed by atoms with E-state index >= 15 is 0 Å². The molecule has 2 aromatic rings. The van der Waals surface area contributed by atoms with Crippen molar-refractivity contribution < 1.29 is 0 Å². The Morgan fingerprint density at radius 3 is 2.69 bits per heavy atom. The first kappa shape index (κ1) is 9.87. The lowest BCUT2D eigenvalue weighted by atomic mass is 10.1. The van der Waals surface area contributed by atoms with Gasteiger partial charge < -0.3 is 10.6 Å². The number of para-hydroxylation sites is 1. The molecular weight excluding hydrogens is 216 g/mol. The summed E-state index contributed by atoms with van der Waals surface area (Å²) < 4.78 is 0. The summed E-state index contributed by atoms with van der Waals surface area (Å²) in [7, 11) is 0. The van der Waals surface area contributed by atoms with Crippen LogP contribution in [0.25, 0.3) is 10.4 Å². The molecule has 0 aliphatic carbocycles. The van der Waals surface area contributed by atoms with Gasteiger partial charge in [-0.1, -0.05) is 24.3 Å². The number of hydrogen-bond donors (Lipinski definition) is 2. The maximum Gasteiger partial charge on any atom is 0.0510 e. The minimum atomic E-state index is 0.584. The Bertz CT molecular complexity index is 461. The van der Waals surface area contributed by atoms with E-state index in [1.165, 1.54) is 16.1 Å². The minimum Gasteiger partial charge on any atom is -0.379 e. The Morgan fingerprint density at radius 1 is 1.12 bits per heavy atom. The summed E-state index contributed by atoms with van der Waals surface area (Å²) in [4.78, 5) is 1.33. The Labute approximate surface area is 99.3 Å². The molecule has 0 amide bonds. The van der Waals surface area contributed by atoms with E-state index in [0.717, 1.165) is 13.1 Å². The third-order valence-electron chi connectivity index (χ3n) is 2.85. The third-order valence-corrected chi connectivity index (χ3v) is 3.76. The largest absolute Gasteiger partial charge is 0.379 e. The van der Waals surface area contributed by atoms with Gasteiger partial charge in [0.05, 0.1) is 6.04 Å². The topological polar surface area (TPSA) is 24.1 Å². The van der Waals surface area contributed by atoms with Crippen LogP contribution in [0.15, 0.2) is 41.8 Å². The molecule has 0 saturated carbocycles. The lowest BCUT2D eigenvalue weighted by molar-refractivity contribution is 0.472. The maximum absolute atomic E-state index is 3.58. The van der Waals surface area contributed by atoms with Crippen LogP contribution in [0.5, 0.6) is 0 Å². The van der Waals surface area contributed by atoms with Crippen molar-refractivity contribution in [3.8, 4) is 10.4 Å². The first-order valence-electron chi connectivity index (χ1n) is 5.53. The summed E-state index contributed by atoms with van der Waals surface area (Å²) in [5.74, 6) is 0. The first-order valence-corrected chi connectivity index (χ1v) is 6.41. The molecule has 0 bridgehead atoms. The molecule has 2 N–H and O–H groups in total. The Hall–Kier alpha value is -1.32. The van der Waals surface area contributed by atoms with E-state index in [1.54, 1.807) is 11.3 Å². The fourth-order valence-corrected chi connectivity index (χ4v) is 2.63. The highest BCUT2D eigenvalue weighted by Gasteiger charge is 2.17. The number of anilines is 1. The Balaban J connectivity index is 1.91. The van der Waals surface area contributed by atoms with E-state index in [1.807, 2.05) is 0 Å². The Morgan fingerprint density at radius 2 is 2.00 bits per heavy atom. The van der Waals surface area contributed by atoms with Crippen LogP contribution in [0.2, 0.25) is 0 Å². The number of thiophene rings is 1. The van der Waals surface area contributed by atoms with E-state index in [0.29, 0.717) is 6.04 Å². The molecule has 1 fully saturated rings. The second kappa shape index (κ2) is 4.28. The van der Waals surface area contributed by atoms with Gasteiger partial charge in [0.1, 0.15) is 0 Å². The zero-order chi connectivity index (χ0) is 10.8. The Kier molecular flexibility index (Phi) is 2.64. The lowest BCUT2D eigenvalue weighted by Gasteiger charge is -2.29. The van der Waals surface area contributed by atoms with Gasteiger partial charge in [0, 0.05) is 29.2 Å². The standard InChI is InChI=1S/C13H14N2S/c1-2-5-12(15-10-8-14-9-10)11(4-1)13-6-3-7-16-13/h1-7,10,14-15H,8-9H2. The molecule has 82 valence electrons. The summed E-state index contributed by atoms with van der Waals surface area (Å²) in [6.07, 6.45) is 0. The average molecular weight is 230 g/mol. The fourth-order valence-electron chi connectivity index (χ4n) is 1.87. The predicted octanol–water partition coefficient (Wildman–Crippen LogP) is 2.80. The van der Waals surface area contributed by atoms with Gasteiger partial charge in [0.15, 0.2) is 0 Å².